The minimum Gasteiger partial charge on any atom is -0.298 e. The van der Waals surface area contributed by atoms with Crippen molar-refractivity contribution < 1.29 is 8.78 Å². The Hall–Kier alpha value is -1.79. The van der Waals surface area contributed by atoms with Crippen molar-refractivity contribution in [1.82, 2.24) is 19.6 Å². The number of aryl methyl sites for hydroxylation is 1. The van der Waals surface area contributed by atoms with E-state index in [9.17, 15) is 8.78 Å². The van der Waals surface area contributed by atoms with Gasteiger partial charge in [-0.1, -0.05) is 12.1 Å². The molecule has 4 rings (SSSR count). The van der Waals surface area contributed by atoms with Crippen LogP contribution in [0.15, 0.2) is 30.6 Å². The lowest BCUT2D eigenvalue weighted by Gasteiger charge is -2.40. The zero-order chi connectivity index (χ0) is 18.9. The van der Waals surface area contributed by atoms with Gasteiger partial charge in [0.25, 0.3) is 0 Å². The minimum absolute atomic E-state index is 0.281. The van der Waals surface area contributed by atoms with Crippen LogP contribution in [-0.2, 0) is 19.6 Å². The fraction of sp³-hybridized carbons (Fsp3) is 0.571. The molecule has 1 spiro atoms. The van der Waals surface area contributed by atoms with Gasteiger partial charge in [-0.15, -0.1) is 0 Å². The molecule has 2 aliphatic rings. The van der Waals surface area contributed by atoms with Crippen molar-refractivity contribution in [3.63, 3.8) is 0 Å². The Morgan fingerprint density at radius 1 is 1.07 bits per heavy atom. The summed E-state index contributed by atoms with van der Waals surface area (Å²) in [6.07, 6.45) is 7.62. The molecular weight excluding hydrogens is 346 g/mol. The van der Waals surface area contributed by atoms with Gasteiger partial charge in [-0.05, 0) is 50.8 Å². The van der Waals surface area contributed by atoms with Crippen molar-refractivity contribution in [2.24, 2.45) is 5.41 Å². The number of benzene rings is 1. The molecule has 2 saturated heterocycles. The molecule has 2 fully saturated rings. The number of piperidine rings is 1. The summed E-state index contributed by atoms with van der Waals surface area (Å²) < 4.78 is 29.5. The number of halogens is 2. The summed E-state index contributed by atoms with van der Waals surface area (Å²) in [5.74, 6) is -1.45. The smallest absolute Gasteiger partial charge is 0.163 e. The van der Waals surface area contributed by atoms with Crippen LogP contribution >= 0.6 is 0 Å². The summed E-state index contributed by atoms with van der Waals surface area (Å²) in [6, 6.07) is 4.49. The Balaban J connectivity index is 1.38. The summed E-state index contributed by atoms with van der Waals surface area (Å²) in [5.41, 5.74) is 2.01. The van der Waals surface area contributed by atoms with E-state index < -0.39 is 11.6 Å². The van der Waals surface area contributed by atoms with Crippen LogP contribution < -0.4 is 0 Å². The highest BCUT2D eigenvalue weighted by molar-refractivity contribution is 5.19. The molecule has 0 aliphatic carbocycles. The first-order valence-corrected chi connectivity index (χ1v) is 9.96. The zero-order valence-electron chi connectivity index (χ0n) is 16.0. The first kappa shape index (κ1) is 18.6. The Kier molecular flexibility index (Phi) is 5.28. The Labute approximate surface area is 159 Å². The molecule has 1 aromatic heterocycles. The number of rotatable bonds is 5. The molecule has 2 aliphatic heterocycles. The zero-order valence-corrected chi connectivity index (χ0v) is 16.0. The van der Waals surface area contributed by atoms with Gasteiger partial charge >= 0.3 is 0 Å². The standard InChI is InChI=1S/C21H28F2N4/c1-2-27-13-17(11-24-27)12-26-10-8-21(16-26)7-4-9-25(15-21)14-18-5-3-6-19(22)20(18)23/h3,5-6,11,13H,2,4,7-10,12,14-16H2,1H3. The van der Waals surface area contributed by atoms with E-state index in [1.807, 2.05) is 10.9 Å². The van der Waals surface area contributed by atoms with Crippen molar-refractivity contribution >= 4 is 0 Å². The maximum absolute atomic E-state index is 14.0. The summed E-state index contributed by atoms with van der Waals surface area (Å²) in [6.45, 7) is 8.53. The summed E-state index contributed by atoms with van der Waals surface area (Å²) in [4.78, 5) is 4.82. The quantitative estimate of drug-likeness (QED) is 0.798. The van der Waals surface area contributed by atoms with Crippen LogP contribution in [0.4, 0.5) is 8.78 Å². The molecule has 3 heterocycles. The van der Waals surface area contributed by atoms with Crippen molar-refractivity contribution in [3.05, 3.63) is 53.4 Å². The van der Waals surface area contributed by atoms with Gasteiger partial charge in [0.1, 0.15) is 0 Å². The van der Waals surface area contributed by atoms with Gasteiger partial charge in [-0.3, -0.25) is 14.5 Å². The number of hydrogen-bond donors (Lipinski definition) is 0. The van der Waals surface area contributed by atoms with Gasteiger partial charge in [0, 0.05) is 50.0 Å². The molecule has 1 aromatic carbocycles. The Bertz CT molecular complexity index is 790. The van der Waals surface area contributed by atoms with Crippen LogP contribution in [0.5, 0.6) is 0 Å². The highest BCUT2D eigenvalue weighted by Crippen LogP contribution is 2.39. The van der Waals surface area contributed by atoms with Gasteiger partial charge in [0.15, 0.2) is 11.6 Å². The third-order valence-corrected chi connectivity index (χ3v) is 6.10. The second-order valence-corrected chi connectivity index (χ2v) is 8.19. The van der Waals surface area contributed by atoms with E-state index in [-0.39, 0.29) is 5.41 Å². The van der Waals surface area contributed by atoms with E-state index in [1.54, 1.807) is 12.1 Å². The number of likely N-dealkylation sites (tertiary alicyclic amines) is 2. The van der Waals surface area contributed by atoms with Crippen LogP contribution in [0.3, 0.4) is 0 Å². The molecule has 4 nitrogen and oxygen atoms in total. The molecule has 6 heteroatoms. The second kappa shape index (κ2) is 7.68. The van der Waals surface area contributed by atoms with Gasteiger partial charge in [0.2, 0.25) is 0 Å². The third-order valence-electron chi connectivity index (χ3n) is 6.10. The van der Waals surface area contributed by atoms with Crippen molar-refractivity contribution in [2.75, 3.05) is 26.2 Å². The Morgan fingerprint density at radius 3 is 2.67 bits per heavy atom. The predicted octanol–water partition coefficient (Wildman–Crippen LogP) is 3.67. The average Bonchev–Trinajstić information content (AvgIpc) is 3.27. The van der Waals surface area contributed by atoms with E-state index >= 15 is 0 Å². The molecule has 0 radical (unpaired) electrons. The second-order valence-electron chi connectivity index (χ2n) is 8.19. The summed E-state index contributed by atoms with van der Waals surface area (Å²) in [5, 5.41) is 4.37. The SMILES string of the molecule is CCn1cc(CN2CCC3(CCCN(Cc4cccc(F)c4F)C3)C2)cn1. The first-order chi connectivity index (χ1) is 13.1. The lowest BCUT2D eigenvalue weighted by molar-refractivity contribution is 0.0856. The van der Waals surface area contributed by atoms with Crippen LogP contribution in [-0.4, -0.2) is 45.8 Å². The molecule has 1 unspecified atom stereocenters. The molecule has 2 aromatic rings. The Morgan fingerprint density at radius 2 is 1.89 bits per heavy atom. The molecular formula is C21H28F2N4. The lowest BCUT2D eigenvalue weighted by Crippen LogP contribution is -2.44. The fourth-order valence-corrected chi connectivity index (χ4v) is 4.77. The maximum atomic E-state index is 14.0. The van der Waals surface area contributed by atoms with Gasteiger partial charge in [-0.25, -0.2) is 8.78 Å². The van der Waals surface area contributed by atoms with Crippen LogP contribution in [0.25, 0.3) is 0 Å². The fourth-order valence-electron chi connectivity index (χ4n) is 4.77. The normalized spacial score (nSPS) is 24.1. The molecule has 1 atom stereocenters. The van der Waals surface area contributed by atoms with Crippen LogP contribution in [0.1, 0.15) is 37.3 Å². The maximum Gasteiger partial charge on any atom is 0.163 e. The molecule has 0 bridgehead atoms. The third kappa shape index (κ3) is 4.06. The molecule has 27 heavy (non-hydrogen) atoms. The van der Waals surface area contributed by atoms with Crippen LogP contribution in [0, 0.1) is 17.0 Å². The predicted molar refractivity (Wildman–Crippen MR) is 101 cm³/mol. The number of aromatic nitrogens is 2. The van der Waals surface area contributed by atoms with E-state index in [1.165, 1.54) is 24.5 Å². The van der Waals surface area contributed by atoms with E-state index in [0.717, 1.165) is 45.7 Å². The van der Waals surface area contributed by atoms with E-state index in [4.69, 9.17) is 0 Å². The minimum atomic E-state index is -0.751. The van der Waals surface area contributed by atoms with E-state index in [0.29, 0.717) is 12.1 Å². The van der Waals surface area contributed by atoms with Crippen LogP contribution in [0.2, 0.25) is 0 Å². The van der Waals surface area contributed by atoms with Crippen molar-refractivity contribution in [3.8, 4) is 0 Å². The highest BCUT2D eigenvalue weighted by atomic mass is 19.2. The summed E-state index contributed by atoms with van der Waals surface area (Å²) >= 11 is 0. The molecule has 146 valence electrons. The largest absolute Gasteiger partial charge is 0.298 e. The number of hydrogen-bond acceptors (Lipinski definition) is 3. The van der Waals surface area contributed by atoms with Gasteiger partial charge in [-0.2, -0.15) is 5.10 Å². The average molecular weight is 374 g/mol. The molecule has 0 N–H and O–H groups in total. The van der Waals surface area contributed by atoms with E-state index in [2.05, 4.69) is 28.0 Å². The molecule has 0 saturated carbocycles. The molecule has 0 amide bonds. The summed E-state index contributed by atoms with van der Waals surface area (Å²) in [7, 11) is 0. The topological polar surface area (TPSA) is 24.3 Å². The monoisotopic (exact) mass is 374 g/mol. The van der Waals surface area contributed by atoms with Gasteiger partial charge < -0.3 is 0 Å². The van der Waals surface area contributed by atoms with Crippen molar-refractivity contribution in [1.29, 1.82) is 0 Å². The highest BCUT2D eigenvalue weighted by Gasteiger charge is 2.41. The van der Waals surface area contributed by atoms with Gasteiger partial charge in [0.05, 0.1) is 6.20 Å². The number of nitrogens with zero attached hydrogens (tertiary/aromatic N) is 4. The van der Waals surface area contributed by atoms with Crippen molar-refractivity contribution in [2.45, 2.75) is 45.8 Å². The lowest BCUT2D eigenvalue weighted by atomic mass is 9.79. The first-order valence-electron chi connectivity index (χ1n) is 9.96.